The Balaban J connectivity index is 2.76. The molecule has 1 rings (SSSR count). The van der Waals surface area contributed by atoms with Crippen LogP contribution in [0.5, 0.6) is 0 Å². The largest absolute Gasteiger partial charge is 0.299 e. The second-order valence-corrected chi connectivity index (χ2v) is 3.89. The third-order valence-corrected chi connectivity index (χ3v) is 2.95. The molecule has 0 aromatic carbocycles. The van der Waals surface area contributed by atoms with Gasteiger partial charge in [0.15, 0.2) is 0 Å². The van der Waals surface area contributed by atoms with Crippen LogP contribution in [0.4, 0.5) is 0 Å². The van der Waals surface area contributed by atoms with Crippen LogP contribution in [0.3, 0.4) is 0 Å². The Hall–Kier alpha value is -1.18. The lowest BCUT2D eigenvalue weighted by atomic mass is 9.88. The molecule has 2 heteroatoms. The summed E-state index contributed by atoms with van der Waals surface area (Å²) in [6.07, 6.45) is 3.59. The standard InChI is InChI=1S/C13H19NO/c1-4-11(5-2)13(15)10(3)12-8-6-7-9-14-12/h6-11H,4-5H2,1-3H3. The summed E-state index contributed by atoms with van der Waals surface area (Å²) >= 11 is 0. The highest BCUT2D eigenvalue weighted by atomic mass is 16.1. The molecule has 0 spiro atoms. The van der Waals surface area contributed by atoms with Gasteiger partial charge in [-0.3, -0.25) is 9.78 Å². The van der Waals surface area contributed by atoms with Crippen molar-refractivity contribution in [2.45, 2.75) is 39.5 Å². The number of carbonyl (C=O) groups is 1. The Bertz CT molecular complexity index is 304. The van der Waals surface area contributed by atoms with Gasteiger partial charge >= 0.3 is 0 Å². The molecule has 82 valence electrons. The second-order valence-electron chi connectivity index (χ2n) is 3.89. The summed E-state index contributed by atoms with van der Waals surface area (Å²) in [5.74, 6) is 0.428. The summed E-state index contributed by atoms with van der Waals surface area (Å²) in [5, 5.41) is 0. The van der Waals surface area contributed by atoms with Crippen molar-refractivity contribution in [3.63, 3.8) is 0 Å². The minimum atomic E-state index is -0.0731. The van der Waals surface area contributed by atoms with Crippen molar-refractivity contribution in [3.05, 3.63) is 30.1 Å². The van der Waals surface area contributed by atoms with Crippen molar-refractivity contribution in [2.24, 2.45) is 5.92 Å². The van der Waals surface area contributed by atoms with Gasteiger partial charge in [0.25, 0.3) is 0 Å². The number of ketones is 1. The van der Waals surface area contributed by atoms with Crippen LogP contribution in [0.25, 0.3) is 0 Å². The van der Waals surface area contributed by atoms with E-state index in [1.165, 1.54) is 0 Å². The zero-order valence-corrected chi connectivity index (χ0v) is 9.73. The molecule has 0 aliphatic heterocycles. The third-order valence-electron chi connectivity index (χ3n) is 2.95. The van der Waals surface area contributed by atoms with Gasteiger partial charge in [0.05, 0.1) is 11.6 Å². The van der Waals surface area contributed by atoms with Crippen molar-refractivity contribution in [1.82, 2.24) is 4.98 Å². The molecule has 1 aromatic rings. The van der Waals surface area contributed by atoms with Gasteiger partial charge in [-0.05, 0) is 31.9 Å². The van der Waals surface area contributed by atoms with Crippen molar-refractivity contribution in [3.8, 4) is 0 Å². The molecule has 0 saturated heterocycles. The van der Waals surface area contributed by atoms with Crippen LogP contribution < -0.4 is 0 Å². The van der Waals surface area contributed by atoms with E-state index in [1.807, 2.05) is 25.1 Å². The Kier molecular flexibility index (Phi) is 4.47. The van der Waals surface area contributed by atoms with Crippen LogP contribution >= 0.6 is 0 Å². The fourth-order valence-electron chi connectivity index (χ4n) is 1.82. The number of Topliss-reactive ketones (excluding diaryl/α,β-unsaturated/α-hetero) is 1. The predicted octanol–water partition coefficient (Wildman–Crippen LogP) is 3.19. The highest BCUT2D eigenvalue weighted by Crippen LogP contribution is 2.21. The molecule has 0 radical (unpaired) electrons. The predicted molar refractivity (Wildman–Crippen MR) is 61.7 cm³/mol. The molecule has 0 amide bonds. The zero-order valence-electron chi connectivity index (χ0n) is 9.73. The van der Waals surface area contributed by atoms with E-state index in [4.69, 9.17) is 0 Å². The van der Waals surface area contributed by atoms with Crippen LogP contribution in [0.1, 0.15) is 45.2 Å². The normalized spacial score (nSPS) is 12.8. The number of aromatic nitrogens is 1. The van der Waals surface area contributed by atoms with Crippen LogP contribution in [0, 0.1) is 5.92 Å². The zero-order chi connectivity index (χ0) is 11.3. The quantitative estimate of drug-likeness (QED) is 0.739. The highest BCUT2D eigenvalue weighted by molar-refractivity contribution is 5.86. The van der Waals surface area contributed by atoms with Gasteiger partial charge in [0.1, 0.15) is 5.78 Å². The van der Waals surface area contributed by atoms with E-state index in [0.717, 1.165) is 18.5 Å². The van der Waals surface area contributed by atoms with Gasteiger partial charge in [-0.25, -0.2) is 0 Å². The van der Waals surface area contributed by atoms with E-state index < -0.39 is 0 Å². The molecule has 1 atom stereocenters. The summed E-state index contributed by atoms with van der Waals surface area (Å²) < 4.78 is 0. The smallest absolute Gasteiger partial charge is 0.144 e. The van der Waals surface area contributed by atoms with Crippen molar-refractivity contribution < 1.29 is 4.79 Å². The summed E-state index contributed by atoms with van der Waals surface area (Å²) in [4.78, 5) is 16.3. The molecular weight excluding hydrogens is 186 g/mol. The molecule has 0 fully saturated rings. The molecule has 0 saturated carbocycles. The van der Waals surface area contributed by atoms with E-state index in [2.05, 4.69) is 18.8 Å². The van der Waals surface area contributed by atoms with Crippen LogP contribution in [-0.4, -0.2) is 10.8 Å². The summed E-state index contributed by atoms with van der Waals surface area (Å²) in [6.45, 7) is 6.08. The lowest BCUT2D eigenvalue weighted by Crippen LogP contribution is -2.19. The number of pyridine rings is 1. The molecule has 15 heavy (non-hydrogen) atoms. The maximum atomic E-state index is 12.1. The highest BCUT2D eigenvalue weighted by Gasteiger charge is 2.22. The van der Waals surface area contributed by atoms with E-state index in [-0.39, 0.29) is 11.8 Å². The first kappa shape index (κ1) is 11.9. The maximum Gasteiger partial charge on any atom is 0.144 e. The summed E-state index contributed by atoms with van der Waals surface area (Å²) in [5.41, 5.74) is 0.884. The maximum absolute atomic E-state index is 12.1. The molecule has 0 N–H and O–H groups in total. The third kappa shape index (κ3) is 2.88. The topological polar surface area (TPSA) is 30.0 Å². The average Bonchev–Trinajstić information content (AvgIpc) is 2.30. The van der Waals surface area contributed by atoms with E-state index in [1.54, 1.807) is 6.20 Å². The lowest BCUT2D eigenvalue weighted by molar-refractivity contribution is -0.124. The fraction of sp³-hybridized carbons (Fsp3) is 0.538. The fourth-order valence-corrected chi connectivity index (χ4v) is 1.82. The van der Waals surface area contributed by atoms with Crippen molar-refractivity contribution in [2.75, 3.05) is 0 Å². The molecule has 1 aromatic heterocycles. The molecule has 1 unspecified atom stereocenters. The van der Waals surface area contributed by atoms with Crippen LogP contribution in [0.15, 0.2) is 24.4 Å². The van der Waals surface area contributed by atoms with Crippen LogP contribution in [0.2, 0.25) is 0 Å². The number of hydrogen-bond acceptors (Lipinski definition) is 2. The number of rotatable bonds is 5. The summed E-state index contributed by atoms with van der Waals surface area (Å²) in [6, 6.07) is 5.72. The van der Waals surface area contributed by atoms with E-state index in [0.29, 0.717) is 5.78 Å². The Morgan fingerprint density at radius 2 is 2.00 bits per heavy atom. The first-order valence-corrected chi connectivity index (χ1v) is 5.65. The Morgan fingerprint density at radius 1 is 1.33 bits per heavy atom. The molecule has 1 heterocycles. The van der Waals surface area contributed by atoms with Gasteiger partial charge in [-0.1, -0.05) is 19.9 Å². The monoisotopic (exact) mass is 205 g/mol. The molecule has 0 aliphatic carbocycles. The van der Waals surface area contributed by atoms with Gasteiger partial charge in [-0.2, -0.15) is 0 Å². The molecule has 2 nitrogen and oxygen atoms in total. The van der Waals surface area contributed by atoms with E-state index in [9.17, 15) is 4.79 Å². The van der Waals surface area contributed by atoms with E-state index >= 15 is 0 Å². The average molecular weight is 205 g/mol. The summed E-state index contributed by atoms with van der Waals surface area (Å²) in [7, 11) is 0. The minimum absolute atomic E-state index is 0.0731. The number of hydrogen-bond donors (Lipinski definition) is 0. The lowest BCUT2D eigenvalue weighted by Gasteiger charge is -2.16. The van der Waals surface area contributed by atoms with Gasteiger partial charge < -0.3 is 0 Å². The van der Waals surface area contributed by atoms with Crippen molar-refractivity contribution in [1.29, 1.82) is 0 Å². The first-order chi connectivity index (χ1) is 7.20. The minimum Gasteiger partial charge on any atom is -0.299 e. The van der Waals surface area contributed by atoms with Crippen LogP contribution in [-0.2, 0) is 4.79 Å². The van der Waals surface area contributed by atoms with Gasteiger partial charge in [0, 0.05) is 12.1 Å². The molecular formula is C13H19NO. The molecule has 0 aliphatic rings. The first-order valence-electron chi connectivity index (χ1n) is 5.65. The SMILES string of the molecule is CCC(CC)C(=O)C(C)c1ccccn1. The molecule has 0 bridgehead atoms. The van der Waals surface area contributed by atoms with Gasteiger partial charge in [0.2, 0.25) is 0 Å². The Labute approximate surface area is 91.7 Å². The second kappa shape index (κ2) is 5.64. The number of nitrogens with zero attached hydrogens (tertiary/aromatic N) is 1. The number of carbonyl (C=O) groups excluding carboxylic acids is 1. The Morgan fingerprint density at radius 3 is 2.47 bits per heavy atom. The van der Waals surface area contributed by atoms with Gasteiger partial charge in [-0.15, -0.1) is 0 Å². The van der Waals surface area contributed by atoms with Crippen molar-refractivity contribution >= 4 is 5.78 Å².